The fourth-order valence-electron chi connectivity index (χ4n) is 4.98. The van der Waals surface area contributed by atoms with E-state index in [0.717, 1.165) is 23.8 Å². The van der Waals surface area contributed by atoms with E-state index in [0.29, 0.717) is 18.0 Å². The Kier molecular flexibility index (Phi) is 8.28. The second-order valence-corrected chi connectivity index (χ2v) is 11.0. The van der Waals surface area contributed by atoms with Crippen molar-refractivity contribution in [2.45, 2.75) is 52.4 Å². The zero-order valence-electron chi connectivity index (χ0n) is 22.0. The molecule has 1 amide bonds. The summed E-state index contributed by atoms with van der Waals surface area (Å²) in [5, 5.41) is 13.3. The van der Waals surface area contributed by atoms with Gasteiger partial charge in [-0.15, -0.1) is 0 Å². The molecule has 38 heavy (non-hydrogen) atoms. The third-order valence-electron chi connectivity index (χ3n) is 6.81. The Hall–Kier alpha value is -3.17. The number of amides is 1. The first-order chi connectivity index (χ1) is 18.0. The summed E-state index contributed by atoms with van der Waals surface area (Å²) >= 11 is 0. The van der Waals surface area contributed by atoms with E-state index >= 15 is 0 Å². The Bertz CT molecular complexity index is 1260. The van der Waals surface area contributed by atoms with Crippen LogP contribution in [-0.2, 0) is 11.2 Å². The van der Waals surface area contributed by atoms with Gasteiger partial charge in [0.1, 0.15) is 35.4 Å². The molecule has 3 aromatic rings. The van der Waals surface area contributed by atoms with Crippen LogP contribution in [0.3, 0.4) is 0 Å². The number of hydrogen-bond donors (Lipinski definition) is 2. The summed E-state index contributed by atoms with van der Waals surface area (Å²) in [6.45, 7) is 7.71. The van der Waals surface area contributed by atoms with Crippen LogP contribution in [0.25, 0.3) is 11.5 Å². The molecular weight excluding hydrogens is 495 g/mol. The molecule has 1 aliphatic heterocycles. The van der Waals surface area contributed by atoms with E-state index in [9.17, 15) is 23.1 Å². The van der Waals surface area contributed by atoms with E-state index in [1.165, 1.54) is 11.8 Å². The zero-order chi connectivity index (χ0) is 27.6. The Labute approximate surface area is 220 Å². The minimum Gasteiger partial charge on any atom is -0.440 e. The minimum absolute atomic E-state index is 0.0428. The highest BCUT2D eigenvalue weighted by Gasteiger charge is 2.42. The van der Waals surface area contributed by atoms with Crippen LogP contribution in [0.1, 0.15) is 50.8 Å². The average Bonchev–Trinajstić information content (AvgIpc) is 3.45. The van der Waals surface area contributed by atoms with Crippen molar-refractivity contribution in [1.82, 2.24) is 15.2 Å². The first kappa shape index (κ1) is 27.9. The maximum absolute atomic E-state index is 14.8. The summed E-state index contributed by atoms with van der Waals surface area (Å²) in [5.41, 5.74) is 0.453. The van der Waals surface area contributed by atoms with E-state index in [2.05, 4.69) is 10.3 Å². The van der Waals surface area contributed by atoms with Crippen LogP contribution in [0.4, 0.5) is 13.2 Å². The smallest absolute Gasteiger partial charge is 0.251 e. The number of oxazole rings is 1. The van der Waals surface area contributed by atoms with Gasteiger partial charge in [0, 0.05) is 32.0 Å². The van der Waals surface area contributed by atoms with Gasteiger partial charge in [-0.1, -0.05) is 51.1 Å². The van der Waals surface area contributed by atoms with Crippen LogP contribution < -0.4 is 5.32 Å². The molecule has 1 fully saturated rings. The molecule has 2 N–H and O–H groups in total. The van der Waals surface area contributed by atoms with Gasteiger partial charge in [0.15, 0.2) is 0 Å². The number of halogens is 3. The van der Waals surface area contributed by atoms with Gasteiger partial charge in [0.25, 0.3) is 5.91 Å². The number of nitrogens with zero attached hydrogens (tertiary/aromatic N) is 2. The third-order valence-corrected chi connectivity index (χ3v) is 6.81. The summed E-state index contributed by atoms with van der Waals surface area (Å²) < 4.78 is 49.6. The van der Waals surface area contributed by atoms with E-state index in [1.54, 1.807) is 0 Å². The largest absolute Gasteiger partial charge is 0.440 e. The Morgan fingerprint density at radius 1 is 1.18 bits per heavy atom. The van der Waals surface area contributed by atoms with Crippen LogP contribution in [0.2, 0.25) is 0 Å². The lowest BCUT2D eigenvalue weighted by molar-refractivity contribution is -0.145. The summed E-state index contributed by atoms with van der Waals surface area (Å²) in [6.07, 6.45) is -2.21. The molecule has 204 valence electrons. The fraction of sp³-hybridized carbons (Fsp3) is 0.448. The van der Waals surface area contributed by atoms with E-state index in [1.807, 2.05) is 51.1 Å². The van der Waals surface area contributed by atoms with Gasteiger partial charge in [0.05, 0.1) is 11.6 Å². The maximum atomic E-state index is 14.8. The second kappa shape index (κ2) is 11.3. The van der Waals surface area contributed by atoms with Gasteiger partial charge in [-0.3, -0.25) is 4.79 Å². The van der Waals surface area contributed by atoms with E-state index < -0.39 is 47.2 Å². The van der Waals surface area contributed by atoms with Gasteiger partial charge in [0.2, 0.25) is 5.89 Å². The molecule has 4 atom stereocenters. The van der Waals surface area contributed by atoms with Crippen LogP contribution in [0.5, 0.6) is 0 Å². The highest BCUT2D eigenvalue weighted by atomic mass is 19.1. The number of benzene rings is 2. The van der Waals surface area contributed by atoms with Crippen molar-refractivity contribution in [3.8, 4) is 11.5 Å². The number of hydrogen-bond acceptors (Lipinski definition) is 5. The van der Waals surface area contributed by atoms with Gasteiger partial charge in [-0.25, -0.2) is 18.2 Å². The number of nitrogens with one attached hydrogen (secondary N) is 1. The average molecular weight is 530 g/mol. The predicted octanol–water partition coefficient (Wildman–Crippen LogP) is 5.06. The SMILES string of the molecule is CC(O)C(=O)N(C[C@@H]1CNC[C@@H]1F)[C@@H](c1nc(-c2cc(F)ccc2F)oc1Cc1ccccc1)C(C)(C)C. The van der Waals surface area contributed by atoms with Crippen molar-refractivity contribution in [3.05, 3.63) is 77.2 Å². The predicted molar refractivity (Wildman–Crippen MR) is 138 cm³/mol. The monoisotopic (exact) mass is 529 g/mol. The number of carbonyl (C=O) groups is 1. The van der Waals surface area contributed by atoms with Gasteiger partial charge < -0.3 is 19.7 Å². The van der Waals surface area contributed by atoms with Crippen molar-refractivity contribution in [2.75, 3.05) is 19.6 Å². The van der Waals surface area contributed by atoms with Gasteiger partial charge >= 0.3 is 0 Å². The molecule has 0 saturated carbocycles. The quantitative estimate of drug-likeness (QED) is 0.426. The van der Waals surface area contributed by atoms with Gasteiger partial charge in [-0.2, -0.15) is 0 Å². The molecule has 0 bridgehead atoms. The zero-order valence-corrected chi connectivity index (χ0v) is 22.0. The number of alkyl halides is 1. The minimum atomic E-state index is -1.34. The topological polar surface area (TPSA) is 78.6 Å². The maximum Gasteiger partial charge on any atom is 0.251 e. The summed E-state index contributed by atoms with van der Waals surface area (Å²) in [6, 6.07) is 11.7. The Balaban J connectivity index is 1.88. The van der Waals surface area contributed by atoms with Crippen LogP contribution in [0, 0.1) is 23.0 Å². The molecule has 1 unspecified atom stereocenters. The van der Waals surface area contributed by atoms with Crippen LogP contribution in [0.15, 0.2) is 52.9 Å². The molecule has 1 aliphatic rings. The molecule has 2 heterocycles. The molecule has 0 radical (unpaired) electrons. The second-order valence-electron chi connectivity index (χ2n) is 11.0. The molecule has 4 rings (SSSR count). The number of rotatable bonds is 8. The van der Waals surface area contributed by atoms with E-state index in [4.69, 9.17) is 4.42 Å². The van der Waals surface area contributed by atoms with Crippen LogP contribution >= 0.6 is 0 Å². The summed E-state index contributed by atoms with van der Waals surface area (Å²) in [5.74, 6) is -2.14. The molecule has 6 nitrogen and oxygen atoms in total. The number of carbonyl (C=O) groups excluding carboxylic acids is 1. The lowest BCUT2D eigenvalue weighted by Gasteiger charge is -2.41. The standard InChI is InChI=1S/C29H34F3N3O3/c1-17(36)28(37)35(16-19-14-33-15-23(19)32)26(29(2,3)4)25-24(12-18-8-6-5-7-9-18)38-27(34-25)21-13-20(30)10-11-22(21)31/h5-11,13,17,19,23,26,33,36H,12,14-16H2,1-4H3/t17?,19-,23-,26-/m0/s1. The van der Waals surface area contributed by atoms with E-state index in [-0.39, 0.29) is 31.0 Å². The molecule has 1 saturated heterocycles. The highest BCUT2D eigenvalue weighted by molar-refractivity contribution is 5.81. The van der Waals surface area contributed by atoms with Crippen LogP contribution in [-0.4, -0.2) is 52.8 Å². The van der Waals surface area contributed by atoms with Gasteiger partial charge in [-0.05, 0) is 36.1 Å². The normalized spacial score (nSPS) is 19.4. The van der Waals surface area contributed by atoms with Crippen molar-refractivity contribution in [1.29, 1.82) is 0 Å². The molecular formula is C29H34F3N3O3. The Morgan fingerprint density at radius 2 is 1.89 bits per heavy atom. The highest BCUT2D eigenvalue weighted by Crippen LogP contribution is 2.42. The lowest BCUT2D eigenvalue weighted by Crippen LogP contribution is -2.48. The number of aromatic nitrogens is 1. The molecule has 0 spiro atoms. The molecule has 1 aromatic heterocycles. The van der Waals surface area contributed by atoms with Crippen molar-refractivity contribution in [2.24, 2.45) is 11.3 Å². The van der Waals surface area contributed by atoms with Crippen molar-refractivity contribution in [3.63, 3.8) is 0 Å². The first-order valence-electron chi connectivity index (χ1n) is 12.8. The summed E-state index contributed by atoms with van der Waals surface area (Å²) in [7, 11) is 0. The third kappa shape index (κ3) is 6.10. The lowest BCUT2D eigenvalue weighted by atomic mass is 9.81. The number of aliphatic hydroxyl groups is 1. The van der Waals surface area contributed by atoms with Crippen molar-refractivity contribution >= 4 is 5.91 Å². The van der Waals surface area contributed by atoms with Crippen molar-refractivity contribution < 1.29 is 27.5 Å². The molecule has 0 aliphatic carbocycles. The summed E-state index contributed by atoms with van der Waals surface area (Å²) in [4.78, 5) is 19.5. The molecule has 9 heteroatoms. The fourth-order valence-corrected chi connectivity index (χ4v) is 4.98. The number of aliphatic hydroxyl groups excluding tert-OH is 1. The Morgan fingerprint density at radius 3 is 2.50 bits per heavy atom. The first-order valence-corrected chi connectivity index (χ1v) is 12.8. The molecule has 2 aromatic carbocycles.